The van der Waals surface area contributed by atoms with E-state index in [4.69, 9.17) is 29.9 Å². The summed E-state index contributed by atoms with van der Waals surface area (Å²) in [6.07, 6.45) is 89.6. The molecule has 0 unspecified atom stereocenters. The summed E-state index contributed by atoms with van der Waals surface area (Å²) in [5.41, 5.74) is 8.09. The van der Waals surface area contributed by atoms with Gasteiger partial charge < -0.3 is 0 Å². The molecule has 0 aliphatic heterocycles. The van der Waals surface area contributed by atoms with Crippen molar-refractivity contribution < 1.29 is 18.0 Å². The first-order valence-corrected chi connectivity index (χ1v) is 68.2. The second kappa shape index (κ2) is 61.3. The molecule has 118 heavy (non-hydrogen) atoms. The van der Waals surface area contributed by atoms with Gasteiger partial charge in [0, 0.05) is 0 Å². The minimum atomic E-state index is -3.47. The molecule has 2 aromatic heterocycles. The van der Waals surface area contributed by atoms with Crippen LogP contribution >= 0.6 is 0 Å². The van der Waals surface area contributed by atoms with Gasteiger partial charge in [-0.05, 0) is 0 Å². The third kappa shape index (κ3) is 31.2. The van der Waals surface area contributed by atoms with Gasteiger partial charge in [-0.3, -0.25) is 0 Å². The number of nitrogens with zero attached hydrogens (tertiary/aromatic N) is 4. The molecule has 0 amide bonds. The molecule has 6 nitrogen and oxygen atoms in total. The summed E-state index contributed by atoms with van der Waals surface area (Å²) in [6.45, 7) is 23.6. The van der Waals surface area contributed by atoms with Crippen LogP contribution in [0.4, 0.5) is 8.78 Å². The summed E-state index contributed by atoms with van der Waals surface area (Å²) >= 11 is -6.94. The van der Waals surface area contributed by atoms with E-state index in [1.54, 1.807) is 0 Å². The predicted molar refractivity (Wildman–Crippen MR) is 518 cm³/mol. The Balaban J connectivity index is 1.45. The smallest absolute Gasteiger partial charge is 0.0654 e. The van der Waals surface area contributed by atoms with Crippen LogP contribution in [0, 0.1) is 11.6 Å². The molecule has 0 saturated carbocycles. The Hall–Kier alpha value is -2.08. The van der Waals surface area contributed by atoms with Crippen molar-refractivity contribution in [3.8, 4) is 22.3 Å². The summed E-state index contributed by atoms with van der Waals surface area (Å²) in [4.78, 5) is 0. The van der Waals surface area contributed by atoms with Crippen LogP contribution in [0.2, 0.25) is 26.6 Å². The van der Waals surface area contributed by atoms with Crippen molar-refractivity contribution in [2.24, 2.45) is 0 Å². The van der Waals surface area contributed by atoms with Gasteiger partial charge in [-0.25, -0.2) is 0 Å². The van der Waals surface area contributed by atoms with E-state index in [0.717, 1.165) is 149 Å². The van der Waals surface area contributed by atoms with Gasteiger partial charge in [-0.2, -0.15) is 0 Å². The van der Waals surface area contributed by atoms with E-state index >= 15 is 8.78 Å². The molecular weight excluding hydrogens is 1660 g/mol. The molecule has 7 rings (SSSR count). The molecular formula is C108H188F2N4O2Sn2. The third-order valence-electron chi connectivity index (χ3n) is 30.0. The Morgan fingerprint density at radius 2 is 0.390 bits per heavy atom. The molecule has 0 spiro atoms. The summed E-state index contributed by atoms with van der Waals surface area (Å²) in [6, 6.07) is 5.34. The van der Waals surface area contributed by atoms with Crippen LogP contribution in [0.25, 0.3) is 44.3 Å². The number of aromatic nitrogens is 4. The zero-order valence-corrected chi connectivity index (χ0v) is 85.4. The fourth-order valence-corrected chi connectivity index (χ4v) is 55.6. The summed E-state index contributed by atoms with van der Waals surface area (Å²) in [5.74, 6) is -0.330. The van der Waals surface area contributed by atoms with Gasteiger partial charge in [-0.15, -0.1) is 0 Å². The number of unbranched alkanes of at least 4 members (excludes halogenated alkanes) is 58. The second-order valence-corrected chi connectivity index (χ2v) is 65.7. The third-order valence-corrected chi connectivity index (χ3v) is 61.1. The predicted octanol–water partition coefficient (Wildman–Crippen LogP) is 37.2. The molecule has 0 fully saturated rings. The standard InChI is InChI=1S/C84H134F2N4O2.6C4H9.2Sn/c1-5-9-13-17-21-25-29-33-37-41-45-49-53-57-65-83(66-58-54-50-46-42-38-34-30-26-22-18-14-10-6-2)69-61-63-71-81(89-91-87-71)73(69)75-77(83)79(85)76-74-70(62-64-72-82(74)90-92-88-72)84(78(76)80(75)86,67-59-55-51-47-43-39-35-31-27-23-19-15-11-7-3)68-60-56-52-48-44-40-36-32-28-24-20-16-12-8-4;6*1-3-4-2;;/h61-62H,5-60,65-68H2,1-4H3;6*1,3-4H2,2H3;;. The van der Waals surface area contributed by atoms with Crippen LogP contribution in [-0.2, 0) is 10.8 Å². The SMILES string of the molecule is CCCCCCCCCCCCCCCCC1(CCCCCCCCCCCCCCCC)c2c[c]([Sn]([CH2]CCC)([CH2]CCC)[CH2]CCC)c3nonc3c2-c2c(F)c3c(c(F)c21)-c1c(c[c]([Sn]([CH2]CCC)([CH2]CCC)[CH2]CCC)c2nonc12)C3(CCCCCCCCCCCCCCCC)CCCCCCCCCCCCCCCC. The van der Waals surface area contributed by atoms with E-state index in [9.17, 15) is 0 Å². The Kier molecular flexibility index (Phi) is 53.5. The van der Waals surface area contributed by atoms with Gasteiger partial charge in [0.1, 0.15) is 0 Å². The second-order valence-electron chi connectivity index (χ2n) is 39.5. The maximum atomic E-state index is 21.5. The summed E-state index contributed by atoms with van der Waals surface area (Å²) < 4.78 is 66.0. The van der Waals surface area contributed by atoms with Crippen molar-refractivity contribution >= 4 is 66.0 Å². The normalized spacial score (nSPS) is 13.7. The van der Waals surface area contributed by atoms with E-state index < -0.39 is 47.6 Å². The van der Waals surface area contributed by atoms with Crippen molar-refractivity contribution in [2.75, 3.05) is 0 Å². The van der Waals surface area contributed by atoms with Crippen molar-refractivity contribution in [3.63, 3.8) is 0 Å². The Morgan fingerprint density at radius 1 is 0.220 bits per heavy atom. The molecule has 2 heterocycles. The van der Waals surface area contributed by atoms with E-state index in [-0.39, 0.29) is 11.6 Å². The minimum Gasteiger partial charge on any atom is -0.0654 e. The molecule has 10 heteroatoms. The molecule has 0 atom stereocenters. The first kappa shape index (κ1) is 103. The van der Waals surface area contributed by atoms with Crippen LogP contribution in [0.15, 0.2) is 21.4 Å². The molecule has 0 radical (unpaired) electrons. The Bertz CT molecular complexity index is 3060. The van der Waals surface area contributed by atoms with Gasteiger partial charge in [0.15, 0.2) is 0 Å². The first-order chi connectivity index (χ1) is 58.1. The summed E-state index contributed by atoms with van der Waals surface area (Å²) in [7, 11) is 0. The Labute approximate surface area is 736 Å². The maximum absolute atomic E-state index is 21.5. The average molecular weight is 1850 g/mol. The Morgan fingerprint density at radius 3 is 0.576 bits per heavy atom. The molecule has 2 aliphatic carbocycles. The van der Waals surface area contributed by atoms with Crippen LogP contribution in [0.5, 0.6) is 0 Å². The zero-order chi connectivity index (χ0) is 84.0. The fourth-order valence-electron chi connectivity index (χ4n) is 22.7. The average Bonchev–Trinajstić information content (AvgIpc) is 1.50. The number of halogens is 2. The monoisotopic (exact) mass is 1850 g/mol. The molecule has 2 aliphatic rings. The number of fused-ring (bicyclic) bond motifs is 10. The van der Waals surface area contributed by atoms with Gasteiger partial charge in [0.2, 0.25) is 0 Å². The number of benzene rings is 3. The molecule has 0 bridgehead atoms. The van der Waals surface area contributed by atoms with Crippen LogP contribution in [0.3, 0.4) is 0 Å². The van der Waals surface area contributed by atoms with Gasteiger partial charge in [-0.1, -0.05) is 207 Å². The molecule has 0 saturated heterocycles. The molecule has 0 N–H and O–H groups in total. The number of hydrogen-bond donors (Lipinski definition) is 0. The zero-order valence-electron chi connectivity index (χ0n) is 79.7. The van der Waals surface area contributed by atoms with E-state index in [2.05, 4.69) is 81.4 Å². The fraction of sp³-hybridized carbons (Fsp3) is 0.833. The molecule has 3 aromatic carbocycles. The van der Waals surface area contributed by atoms with Crippen LogP contribution < -0.4 is 7.16 Å². The van der Waals surface area contributed by atoms with E-state index in [0.29, 0.717) is 22.3 Å². The van der Waals surface area contributed by atoms with Crippen LogP contribution in [0.1, 0.15) is 554 Å². The number of rotatable bonds is 80. The van der Waals surface area contributed by atoms with E-state index in [1.807, 2.05) is 0 Å². The van der Waals surface area contributed by atoms with Crippen LogP contribution in [-0.4, -0.2) is 57.4 Å². The topological polar surface area (TPSA) is 77.8 Å². The van der Waals surface area contributed by atoms with Crippen molar-refractivity contribution in [1.82, 2.24) is 20.6 Å². The number of hydrogen-bond acceptors (Lipinski definition) is 6. The molecule has 674 valence electrons. The van der Waals surface area contributed by atoms with E-state index in [1.165, 1.54) is 392 Å². The van der Waals surface area contributed by atoms with Crippen molar-refractivity contribution in [1.29, 1.82) is 0 Å². The van der Waals surface area contributed by atoms with Crippen molar-refractivity contribution in [2.45, 2.75) is 569 Å². The summed E-state index contributed by atoms with van der Waals surface area (Å²) in [5, 5.41) is 20.6. The van der Waals surface area contributed by atoms with Gasteiger partial charge in [0.25, 0.3) is 0 Å². The molecule has 5 aromatic rings. The van der Waals surface area contributed by atoms with Crippen molar-refractivity contribution in [3.05, 3.63) is 46.0 Å². The first-order valence-electron chi connectivity index (χ1n) is 53.3. The minimum absolute atomic E-state index is 0.165. The van der Waals surface area contributed by atoms with Gasteiger partial charge in [0.05, 0.1) is 0 Å². The quantitative estimate of drug-likeness (QED) is 0.0285. The van der Waals surface area contributed by atoms with Gasteiger partial charge >= 0.3 is 534 Å².